The molecule has 0 rings (SSSR count). The van der Waals surface area contributed by atoms with Gasteiger partial charge in [-0.1, -0.05) is 44.4 Å². The van der Waals surface area contributed by atoms with Gasteiger partial charge in [0.05, 0.1) is 0 Å². The fourth-order valence-corrected chi connectivity index (χ4v) is 1.27. The van der Waals surface area contributed by atoms with Gasteiger partial charge in [-0.25, -0.2) is 0 Å². The molecule has 0 aromatic rings. The average molecular weight is 194 g/mol. The number of carbonyl (C=O) groups excluding carboxylic acids is 1. The Morgan fingerprint density at radius 2 is 1.57 bits per heavy atom. The van der Waals surface area contributed by atoms with Crippen molar-refractivity contribution in [2.75, 3.05) is 0 Å². The highest BCUT2D eigenvalue weighted by molar-refractivity contribution is 5.64. The molecule has 0 aliphatic rings. The van der Waals surface area contributed by atoms with Crippen molar-refractivity contribution in [3.05, 3.63) is 24.3 Å². The smallest absolute Gasteiger partial charge is 0.142 e. The lowest BCUT2D eigenvalue weighted by atomic mass is 10.1. The van der Waals surface area contributed by atoms with Crippen LogP contribution in [0.3, 0.4) is 0 Å². The lowest BCUT2D eigenvalue weighted by Crippen LogP contribution is -1.73. The molecule has 0 saturated carbocycles. The third-order valence-electron chi connectivity index (χ3n) is 2.11. The van der Waals surface area contributed by atoms with Gasteiger partial charge in [0.2, 0.25) is 0 Å². The summed E-state index contributed by atoms with van der Waals surface area (Å²) in [5.41, 5.74) is 0. The van der Waals surface area contributed by atoms with Crippen molar-refractivity contribution in [3.8, 4) is 0 Å². The lowest BCUT2D eigenvalue weighted by molar-refractivity contribution is -0.104. The molecule has 0 aliphatic heterocycles. The van der Waals surface area contributed by atoms with E-state index in [4.69, 9.17) is 0 Å². The molecule has 0 fully saturated rings. The summed E-state index contributed by atoms with van der Waals surface area (Å²) in [6.45, 7) is 2.23. The zero-order valence-electron chi connectivity index (χ0n) is 9.24. The van der Waals surface area contributed by atoms with Gasteiger partial charge < -0.3 is 0 Å². The average Bonchev–Trinajstić information content (AvgIpc) is 2.21. The lowest BCUT2D eigenvalue weighted by Gasteiger charge is -1.93. The van der Waals surface area contributed by atoms with E-state index in [0.717, 1.165) is 19.1 Å². The van der Waals surface area contributed by atoms with Gasteiger partial charge in [-0.3, -0.25) is 4.79 Å². The van der Waals surface area contributed by atoms with Gasteiger partial charge in [0.1, 0.15) is 6.29 Å². The zero-order chi connectivity index (χ0) is 10.5. The Bertz CT molecular complexity index is 168. The third-order valence-corrected chi connectivity index (χ3v) is 2.11. The molecule has 0 spiro atoms. The summed E-state index contributed by atoms with van der Waals surface area (Å²) in [6, 6.07) is 0. The van der Waals surface area contributed by atoms with Crippen molar-refractivity contribution < 1.29 is 4.79 Å². The van der Waals surface area contributed by atoms with E-state index in [1.807, 2.05) is 6.08 Å². The second-order valence-electron chi connectivity index (χ2n) is 3.46. The molecule has 0 unspecified atom stereocenters. The first-order valence-corrected chi connectivity index (χ1v) is 5.67. The Labute approximate surface area is 87.9 Å². The molecular formula is C13H22O. The molecule has 1 nitrogen and oxygen atoms in total. The number of rotatable bonds is 9. The number of aldehydes is 1. The van der Waals surface area contributed by atoms with E-state index in [0.29, 0.717) is 0 Å². The van der Waals surface area contributed by atoms with Crippen LogP contribution in [-0.4, -0.2) is 6.29 Å². The Morgan fingerprint density at radius 3 is 2.29 bits per heavy atom. The number of carbonyl (C=O) groups is 1. The highest BCUT2D eigenvalue weighted by Gasteiger charge is 1.83. The van der Waals surface area contributed by atoms with Crippen molar-refractivity contribution in [2.45, 2.75) is 51.9 Å². The first-order valence-electron chi connectivity index (χ1n) is 5.67. The normalized spacial score (nSPS) is 11.5. The van der Waals surface area contributed by atoms with Gasteiger partial charge in [0.15, 0.2) is 0 Å². The van der Waals surface area contributed by atoms with Gasteiger partial charge in [-0.2, -0.15) is 0 Å². The summed E-state index contributed by atoms with van der Waals surface area (Å²) in [5.74, 6) is 0. The van der Waals surface area contributed by atoms with E-state index in [1.165, 1.54) is 32.1 Å². The molecule has 0 aromatic carbocycles. The van der Waals surface area contributed by atoms with E-state index >= 15 is 0 Å². The summed E-state index contributed by atoms with van der Waals surface area (Å²) in [5, 5.41) is 0. The molecular weight excluding hydrogens is 172 g/mol. The van der Waals surface area contributed by atoms with E-state index in [2.05, 4.69) is 19.1 Å². The second-order valence-corrected chi connectivity index (χ2v) is 3.46. The minimum atomic E-state index is 0.828. The molecule has 0 saturated heterocycles. The minimum Gasteiger partial charge on any atom is -0.299 e. The van der Waals surface area contributed by atoms with Crippen LogP contribution in [0.15, 0.2) is 24.3 Å². The van der Waals surface area contributed by atoms with Crippen LogP contribution in [0.25, 0.3) is 0 Å². The first-order chi connectivity index (χ1) is 6.91. The maximum absolute atomic E-state index is 9.94. The van der Waals surface area contributed by atoms with Gasteiger partial charge in [-0.15, -0.1) is 0 Å². The summed E-state index contributed by atoms with van der Waals surface area (Å²) in [4.78, 5) is 9.94. The van der Waals surface area contributed by atoms with Crippen LogP contribution in [-0.2, 0) is 4.79 Å². The standard InChI is InChI=1S/C13H22O/c1-2-3-4-5-6-7-8-9-10-11-12-13-14/h7-8,11-13H,2-6,9-10H2,1H3. The van der Waals surface area contributed by atoms with E-state index in [-0.39, 0.29) is 0 Å². The molecule has 0 heterocycles. The minimum absolute atomic E-state index is 0.828. The fraction of sp³-hybridized carbons (Fsp3) is 0.615. The van der Waals surface area contributed by atoms with Crippen LogP contribution in [0.2, 0.25) is 0 Å². The van der Waals surface area contributed by atoms with Crippen LogP contribution in [0.1, 0.15) is 51.9 Å². The third kappa shape index (κ3) is 11.2. The molecule has 14 heavy (non-hydrogen) atoms. The van der Waals surface area contributed by atoms with Crippen molar-refractivity contribution in [1.82, 2.24) is 0 Å². The van der Waals surface area contributed by atoms with Crippen LogP contribution in [0, 0.1) is 0 Å². The first kappa shape index (κ1) is 13.2. The highest BCUT2D eigenvalue weighted by Crippen LogP contribution is 2.03. The number of hydrogen-bond acceptors (Lipinski definition) is 1. The van der Waals surface area contributed by atoms with E-state index < -0.39 is 0 Å². The molecule has 0 aliphatic carbocycles. The monoisotopic (exact) mass is 194 g/mol. The van der Waals surface area contributed by atoms with Crippen molar-refractivity contribution in [3.63, 3.8) is 0 Å². The highest BCUT2D eigenvalue weighted by atomic mass is 16.1. The Kier molecular flexibility index (Phi) is 11.4. The summed E-state index contributed by atoms with van der Waals surface area (Å²) in [6.07, 6.45) is 17.3. The largest absolute Gasteiger partial charge is 0.299 e. The molecule has 0 radical (unpaired) electrons. The molecule has 0 bridgehead atoms. The topological polar surface area (TPSA) is 17.1 Å². The molecule has 1 heteroatoms. The quantitative estimate of drug-likeness (QED) is 0.234. The Balaban J connectivity index is 3.11. The van der Waals surface area contributed by atoms with Crippen LogP contribution >= 0.6 is 0 Å². The predicted octanol–water partition coefficient (Wildman–Crippen LogP) is 4.05. The van der Waals surface area contributed by atoms with Gasteiger partial charge in [0.25, 0.3) is 0 Å². The molecule has 0 atom stereocenters. The molecule has 0 N–H and O–H groups in total. The van der Waals surface area contributed by atoms with Crippen molar-refractivity contribution in [1.29, 1.82) is 0 Å². The Hall–Kier alpha value is -0.850. The Morgan fingerprint density at radius 1 is 0.857 bits per heavy atom. The molecule has 0 aromatic heterocycles. The summed E-state index contributed by atoms with van der Waals surface area (Å²) in [7, 11) is 0. The molecule has 80 valence electrons. The van der Waals surface area contributed by atoms with E-state index in [9.17, 15) is 4.79 Å². The van der Waals surface area contributed by atoms with Gasteiger partial charge >= 0.3 is 0 Å². The fourth-order valence-electron chi connectivity index (χ4n) is 1.27. The van der Waals surface area contributed by atoms with Crippen molar-refractivity contribution in [2.24, 2.45) is 0 Å². The zero-order valence-corrected chi connectivity index (χ0v) is 9.24. The number of unbranched alkanes of at least 4 members (excludes halogenated alkanes) is 5. The predicted molar refractivity (Wildman–Crippen MR) is 62.3 cm³/mol. The second kappa shape index (κ2) is 12.2. The number of hydrogen-bond donors (Lipinski definition) is 0. The summed E-state index contributed by atoms with van der Waals surface area (Å²) < 4.78 is 0. The van der Waals surface area contributed by atoms with E-state index in [1.54, 1.807) is 6.08 Å². The number of allylic oxidation sites excluding steroid dienone is 4. The maximum Gasteiger partial charge on any atom is 0.142 e. The van der Waals surface area contributed by atoms with Crippen LogP contribution < -0.4 is 0 Å². The summed E-state index contributed by atoms with van der Waals surface area (Å²) >= 11 is 0. The van der Waals surface area contributed by atoms with Gasteiger partial charge in [0, 0.05) is 0 Å². The van der Waals surface area contributed by atoms with Gasteiger partial charge in [-0.05, 0) is 31.8 Å². The maximum atomic E-state index is 9.94. The van der Waals surface area contributed by atoms with Crippen LogP contribution in [0.4, 0.5) is 0 Å². The van der Waals surface area contributed by atoms with Crippen molar-refractivity contribution >= 4 is 6.29 Å². The van der Waals surface area contributed by atoms with Crippen LogP contribution in [0.5, 0.6) is 0 Å². The molecule has 0 amide bonds. The SMILES string of the molecule is CCCCCCC=CCCC=CC=O.